The lowest BCUT2D eigenvalue weighted by Crippen LogP contribution is -2.31. The third-order valence-electron chi connectivity index (χ3n) is 1.23. The van der Waals surface area contributed by atoms with Gasteiger partial charge in [0.05, 0.1) is 13.7 Å². The van der Waals surface area contributed by atoms with E-state index in [1.165, 1.54) is 7.11 Å². The number of rotatable bonds is 4. The zero-order valence-corrected chi connectivity index (χ0v) is 6.26. The zero-order chi connectivity index (χ0) is 7.28. The Kier molecular flexibility index (Phi) is 4.67. The van der Waals surface area contributed by atoms with E-state index in [0.29, 0.717) is 12.5 Å². The molecule has 0 saturated heterocycles. The number of hydrogen-bond acceptors (Lipinski definition) is 3. The smallest absolute Gasteiger partial charge is 0.0975 e. The summed E-state index contributed by atoms with van der Waals surface area (Å²) in [6.07, 6.45) is 0. The molecule has 2 N–H and O–H groups in total. The van der Waals surface area contributed by atoms with Gasteiger partial charge in [-0.3, -0.25) is 0 Å². The monoisotopic (exact) mass is 133 g/mol. The lowest BCUT2D eigenvalue weighted by atomic mass is 10.1. The molecule has 0 radical (unpaired) electrons. The normalized spacial score (nSPS) is 14.3. The first kappa shape index (κ1) is 8.88. The molecule has 0 heterocycles. The van der Waals surface area contributed by atoms with Gasteiger partial charge in [-0.15, -0.1) is 0 Å². The van der Waals surface area contributed by atoms with Crippen LogP contribution in [-0.2, 0) is 9.78 Å². The molecule has 3 nitrogen and oxygen atoms in total. The molecule has 9 heavy (non-hydrogen) atoms. The molecule has 0 aliphatic carbocycles. The third-order valence-corrected chi connectivity index (χ3v) is 1.23. The molecule has 0 saturated carbocycles. The van der Waals surface area contributed by atoms with Gasteiger partial charge in [-0.2, -0.15) is 0 Å². The van der Waals surface area contributed by atoms with Crippen molar-refractivity contribution in [3.63, 3.8) is 0 Å². The highest BCUT2D eigenvalue weighted by Crippen LogP contribution is 1.97. The molecule has 0 amide bonds. The van der Waals surface area contributed by atoms with Crippen LogP contribution in [0.2, 0.25) is 0 Å². The first-order valence-electron chi connectivity index (χ1n) is 3.09. The van der Waals surface area contributed by atoms with Crippen molar-refractivity contribution in [1.82, 2.24) is 0 Å². The Morgan fingerprint density at radius 2 is 2.00 bits per heavy atom. The maximum Gasteiger partial charge on any atom is 0.0975 e. The molecule has 0 spiro atoms. The first-order valence-corrected chi connectivity index (χ1v) is 3.09. The summed E-state index contributed by atoms with van der Waals surface area (Å²) >= 11 is 0. The Morgan fingerprint density at radius 3 is 2.33 bits per heavy atom. The van der Waals surface area contributed by atoms with Crippen LogP contribution in [0.3, 0.4) is 0 Å². The molecule has 0 fully saturated rings. The molecule has 1 atom stereocenters. The fraction of sp³-hybridized carbons (Fsp3) is 1.00. The van der Waals surface area contributed by atoms with E-state index in [2.05, 4.69) is 9.78 Å². The van der Waals surface area contributed by atoms with Crippen LogP contribution >= 0.6 is 0 Å². The molecule has 3 heteroatoms. The van der Waals surface area contributed by atoms with E-state index in [1.807, 2.05) is 13.8 Å². The quantitative estimate of drug-likeness (QED) is 0.450. The van der Waals surface area contributed by atoms with Gasteiger partial charge in [0.15, 0.2) is 0 Å². The van der Waals surface area contributed by atoms with Crippen LogP contribution in [0, 0.1) is 5.92 Å². The summed E-state index contributed by atoms with van der Waals surface area (Å²) in [5.74, 6) is 0.445. The van der Waals surface area contributed by atoms with Crippen LogP contribution in [0.15, 0.2) is 0 Å². The molecule has 0 bridgehead atoms. The van der Waals surface area contributed by atoms with Gasteiger partial charge in [-0.25, -0.2) is 9.78 Å². The number of hydrogen-bond donors (Lipinski definition) is 1. The van der Waals surface area contributed by atoms with Crippen molar-refractivity contribution in [3.05, 3.63) is 0 Å². The van der Waals surface area contributed by atoms with Gasteiger partial charge in [0, 0.05) is 6.04 Å². The molecule has 0 aromatic carbocycles. The second-order valence-corrected chi connectivity index (χ2v) is 2.36. The summed E-state index contributed by atoms with van der Waals surface area (Å²) in [7, 11) is 1.48. The first-order chi connectivity index (χ1) is 4.18. The van der Waals surface area contributed by atoms with Gasteiger partial charge in [0.25, 0.3) is 0 Å². The van der Waals surface area contributed by atoms with Crippen LogP contribution in [0.1, 0.15) is 13.8 Å². The van der Waals surface area contributed by atoms with Gasteiger partial charge < -0.3 is 5.73 Å². The van der Waals surface area contributed by atoms with E-state index < -0.39 is 0 Å². The predicted molar refractivity (Wildman–Crippen MR) is 35.8 cm³/mol. The summed E-state index contributed by atoms with van der Waals surface area (Å²) in [5, 5.41) is 0. The van der Waals surface area contributed by atoms with Crippen molar-refractivity contribution in [1.29, 1.82) is 0 Å². The largest absolute Gasteiger partial charge is 0.325 e. The second kappa shape index (κ2) is 4.73. The Labute approximate surface area is 56.1 Å². The van der Waals surface area contributed by atoms with E-state index in [0.717, 1.165) is 0 Å². The van der Waals surface area contributed by atoms with E-state index in [1.54, 1.807) is 0 Å². The van der Waals surface area contributed by atoms with Crippen molar-refractivity contribution in [2.75, 3.05) is 13.7 Å². The maximum atomic E-state index is 5.60. The minimum Gasteiger partial charge on any atom is -0.325 e. The SMILES string of the molecule is COOC[C@H](N)C(C)C. The highest BCUT2D eigenvalue weighted by atomic mass is 17.2. The Bertz CT molecular complexity index is 66.1. The van der Waals surface area contributed by atoms with Gasteiger partial charge in [-0.05, 0) is 5.92 Å². The van der Waals surface area contributed by atoms with Crippen molar-refractivity contribution in [2.45, 2.75) is 19.9 Å². The van der Waals surface area contributed by atoms with Gasteiger partial charge >= 0.3 is 0 Å². The second-order valence-electron chi connectivity index (χ2n) is 2.36. The average molecular weight is 133 g/mol. The molecule has 0 rings (SSSR count). The highest BCUT2D eigenvalue weighted by molar-refractivity contribution is 4.62. The Balaban J connectivity index is 3.16. The fourth-order valence-corrected chi connectivity index (χ4v) is 0.339. The van der Waals surface area contributed by atoms with E-state index >= 15 is 0 Å². The zero-order valence-electron chi connectivity index (χ0n) is 6.26. The van der Waals surface area contributed by atoms with Crippen molar-refractivity contribution >= 4 is 0 Å². The third kappa shape index (κ3) is 4.39. The number of nitrogens with two attached hydrogens (primary N) is 1. The van der Waals surface area contributed by atoms with Gasteiger partial charge in [0.2, 0.25) is 0 Å². The minimum atomic E-state index is 0.0740. The summed E-state index contributed by atoms with van der Waals surface area (Å²) in [6, 6.07) is 0.0740. The minimum absolute atomic E-state index is 0.0740. The van der Waals surface area contributed by atoms with Crippen LogP contribution in [0.4, 0.5) is 0 Å². The summed E-state index contributed by atoms with van der Waals surface area (Å²) in [4.78, 5) is 9.01. The van der Waals surface area contributed by atoms with Gasteiger partial charge in [0.1, 0.15) is 0 Å². The van der Waals surface area contributed by atoms with E-state index in [-0.39, 0.29) is 6.04 Å². The summed E-state index contributed by atoms with van der Waals surface area (Å²) < 4.78 is 0. The topological polar surface area (TPSA) is 44.5 Å². The molecular formula is C6H15NO2. The summed E-state index contributed by atoms with van der Waals surface area (Å²) in [6.45, 7) is 4.56. The Hall–Kier alpha value is -0.120. The van der Waals surface area contributed by atoms with Crippen LogP contribution < -0.4 is 5.73 Å². The molecule has 0 aliphatic rings. The van der Waals surface area contributed by atoms with Crippen LogP contribution in [0.5, 0.6) is 0 Å². The standard InChI is InChI=1S/C6H15NO2/c1-5(2)6(7)4-9-8-3/h5-6H,4,7H2,1-3H3/t6-/m0/s1. The molecule has 56 valence electrons. The lowest BCUT2D eigenvalue weighted by Gasteiger charge is -2.13. The van der Waals surface area contributed by atoms with E-state index in [4.69, 9.17) is 5.73 Å². The maximum absolute atomic E-state index is 5.60. The van der Waals surface area contributed by atoms with E-state index in [9.17, 15) is 0 Å². The van der Waals surface area contributed by atoms with Crippen molar-refractivity contribution < 1.29 is 9.78 Å². The molecule has 0 unspecified atom stereocenters. The highest BCUT2D eigenvalue weighted by Gasteiger charge is 2.06. The molecular weight excluding hydrogens is 118 g/mol. The molecule has 0 aliphatic heterocycles. The van der Waals surface area contributed by atoms with Crippen molar-refractivity contribution in [2.24, 2.45) is 11.7 Å². The average Bonchev–Trinajstić information content (AvgIpc) is 1.82. The summed E-state index contributed by atoms with van der Waals surface area (Å²) in [5.41, 5.74) is 5.60. The Morgan fingerprint density at radius 1 is 1.44 bits per heavy atom. The predicted octanol–water partition coefficient (Wildman–Crippen LogP) is 0.548. The van der Waals surface area contributed by atoms with Gasteiger partial charge in [-0.1, -0.05) is 13.8 Å². The molecule has 0 aromatic rings. The van der Waals surface area contributed by atoms with Crippen LogP contribution in [-0.4, -0.2) is 19.8 Å². The lowest BCUT2D eigenvalue weighted by molar-refractivity contribution is -0.276. The molecule has 0 aromatic heterocycles. The van der Waals surface area contributed by atoms with Crippen molar-refractivity contribution in [3.8, 4) is 0 Å². The van der Waals surface area contributed by atoms with Crippen LogP contribution in [0.25, 0.3) is 0 Å². The fourth-order valence-electron chi connectivity index (χ4n) is 0.339.